The number of esters is 1. The van der Waals surface area contributed by atoms with Crippen LogP contribution in [-0.4, -0.2) is 52.4 Å². The predicted molar refractivity (Wildman–Crippen MR) is 145 cm³/mol. The Balaban J connectivity index is 1.79. The summed E-state index contributed by atoms with van der Waals surface area (Å²) in [5.41, 5.74) is 4.36. The molecule has 2 aromatic carbocycles. The molecule has 0 aliphatic carbocycles. The first kappa shape index (κ1) is 25.7. The Morgan fingerprint density at radius 1 is 1.08 bits per heavy atom. The second kappa shape index (κ2) is 10.3. The molecule has 0 saturated carbocycles. The molecule has 0 atom stereocenters. The maximum absolute atomic E-state index is 13.8. The van der Waals surface area contributed by atoms with Gasteiger partial charge in [-0.05, 0) is 56.3 Å². The van der Waals surface area contributed by atoms with Crippen molar-refractivity contribution < 1.29 is 14.3 Å². The number of carbonyl (C=O) groups is 2. The first-order chi connectivity index (χ1) is 17.1. The van der Waals surface area contributed by atoms with Crippen molar-refractivity contribution in [1.29, 1.82) is 0 Å². The van der Waals surface area contributed by atoms with E-state index in [1.54, 1.807) is 11.1 Å². The molecular formula is C30H37N3O3. The van der Waals surface area contributed by atoms with E-state index in [9.17, 15) is 9.59 Å². The molecule has 2 heterocycles. The molecule has 0 fully saturated rings. The van der Waals surface area contributed by atoms with Gasteiger partial charge in [-0.2, -0.15) is 0 Å². The summed E-state index contributed by atoms with van der Waals surface area (Å²) in [5, 5.41) is 1.05. The summed E-state index contributed by atoms with van der Waals surface area (Å²) in [6.45, 7) is 15.3. The number of hydrogen-bond donors (Lipinski definition) is 1. The van der Waals surface area contributed by atoms with Gasteiger partial charge in [-0.25, -0.2) is 4.79 Å². The molecule has 1 aromatic heterocycles. The van der Waals surface area contributed by atoms with Gasteiger partial charge in [0, 0.05) is 41.2 Å². The van der Waals surface area contributed by atoms with Crippen LogP contribution in [0.15, 0.2) is 54.7 Å². The molecule has 0 spiro atoms. The van der Waals surface area contributed by atoms with Crippen LogP contribution >= 0.6 is 0 Å². The van der Waals surface area contributed by atoms with E-state index in [2.05, 4.69) is 49.7 Å². The first-order valence-corrected chi connectivity index (χ1v) is 12.8. The summed E-state index contributed by atoms with van der Waals surface area (Å²) in [6, 6.07) is 15.8. The molecule has 4 rings (SSSR count). The van der Waals surface area contributed by atoms with Crippen molar-refractivity contribution in [3.63, 3.8) is 0 Å². The lowest BCUT2D eigenvalue weighted by Crippen LogP contribution is -2.37. The van der Waals surface area contributed by atoms with Crippen LogP contribution in [0, 0.1) is 0 Å². The van der Waals surface area contributed by atoms with Gasteiger partial charge >= 0.3 is 5.97 Å². The number of hydrogen-bond acceptors (Lipinski definition) is 4. The van der Waals surface area contributed by atoms with E-state index >= 15 is 0 Å². The normalized spacial score (nSPS) is 15.1. The van der Waals surface area contributed by atoms with Crippen LogP contribution in [0.1, 0.15) is 68.7 Å². The number of H-pyrrole nitrogens is 1. The largest absolute Gasteiger partial charge is 0.459 e. The average molecular weight is 488 g/mol. The number of carbonyl (C=O) groups excluding carboxylic acids is 2. The molecule has 1 amide bonds. The third kappa shape index (κ3) is 5.09. The van der Waals surface area contributed by atoms with Gasteiger partial charge in [-0.15, -0.1) is 0 Å². The smallest absolute Gasteiger partial charge is 0.342 e. The maximum atomic E-state index is 13.8. The minimum Gasteiger partial charge on any atom is -0.459 e. The molecule has 3 aromatic rings. The van der Waals surface area contributed by atoms with Gasteiger partial charge < -0.3 is 14.6 Å². The van der Waals surface area contributed by atoms with Crippen LogP contribution in [0.25, 0.3) is 16.5 Å². The Kier molecular flexibility index (Phi) is 7.36. The van der Waals surface area contributed by atoms with Gasteiger partial charge in [0.1, 0.15) is 0 Å². The molecule has 36 heavy (non-hydrogen) atoms. The number of aromatic nitrogens is 1. The Morgan fingerprint density at radius 2 is 1.81 bits per heavy atom. The van der Waals surface area contributed by atoms with E-state index in [-0.39, 0.29) is 12.0 Å². The van der Waals surface area contributed by atoms with Crippen LogP contribution in [0.5, 0.6) is 0 Å². The number of rotatable bonds is 7. The van der Waals surface area contributed by atoms with Crippen LogP contribution < -0.4 is 0 Å². The van der Waals surface area contributed by atoms with Crippen molar-refractivity contribution in [2.24, 2.45) is 0 Å². The minimum absolute atomic E-state index is 0.131. The second-order valence-electron chi connectivity index (χ2n) is 10.4. The highest BCUT2D eigenvalue weighted by Gasteiger charge is 2.37. The third-order valence-electron chi connectivity index (χ3n) is 6.80. The number of ether oxygens (including phenoxy) is 1. The topological polar surface area (TPSA) is 65.6 Å². The molecule has 0 bridgehead atoms. The molecular weight excluding hydrogens is 450 g/mol. The fourth-order valence-corrected chi connectivity index (χ4v) is 5.05. The summed E-state index contributed by atoms with van der Waals surface area (Å²) in [4.78, 5) is 34.6. The summed E-state index contributed by atoms with van der Waals surface area (Å²) in [5.74, 6) is -0.572. The number of amides is 1. The van der Waals surface area contributed by atoms with Crippen LogP contribution in [0.4, 0.5) is 0 Å². The van der Waals surface area contributed by atoms with Crippen LogP contribution in [0.2, 0.25) is 0 Å². The van der Waals surface area contributed by atoms with Gasteiger partial charge in [-0.3, -0.25) is 9.69 Å². The first-order valence-electron chi connectivity index (χ1n) is 12.8. The molecule has 0 unspecified atom stereocenters. The van der Waals surface area contributed by atoms with Crippen molar-refractivity contribution >= 4 is 28.4 Å². The van der Waals surface area contributed by atoms with Crippen molar-refractivity contribution in [3.8, 4) is 0 Å². The number of para-hydroxylation sites is 1. The van der Waals surface area contributed by atoms with Gasteiger partial charge in [0.15, 0.2) is 0 Å². The number of aromatic amines is 1. The predicted octanol–water partition coefficient (Wildman–Crippen LogP) is 5.74. The van der Waals surface area contributed by atoms with E-state index < -0.39 is 11.4 Å². The Hall–Kier alpha value is -3.38. The highest BCUT2D eigenvalue weighted by atomic mass is 16.5. The molecule has 1 aliphatic rings. The molecule has 0 saturated heterocycles. The molecule has 0 radical (unpaired) electrons. The zero-order valence-corrected chi connectivity index (χ0v) is 22.2. The van der Waals surface area contributed by atoms with Gasteiger partial charge in [-0.1, -0.05) is 58.0 Å². The summed E-state index contributed by atoms with van der Waals surface area (Å²) < 4.78 is 5.62. The van der Waals surface area contributed by atoms with Gasteiger partial charge in [0.2, 0.25) is 0 Å². The fraction of sp³-hybridized carbons (Fsp3) is 0.400. The van der Waals surface area contributed by atoms with Crippen LogP contribution in [-0.2, 0) is 21.5 Å². The molecule has 190 valence electrons. The van der Waals surface area contributed by atoms with Gasteiger partial charge in [0.05, 0.1) is 17.4 Å². The maximum Gasteiger partial charge on any atom is 0.342 e. The minimum atomic E-state index is -0.441. The van der Waals surface area contributed by atoms with E-state index in [1.807, 2.05) is 50.2 Å². The monoisotopic (exact) mass is 487 g/mol. The SMILES string of the molecule is CCN(CC)Cc1cccc(C(=O)N2C=C(C(=O)OC(C)C)c3[nH]c4ccccc4c3C(C)(C)C2)c1. The number of nitrogens with zero attached hydrogens (tertiary/aromatic N) is 2. The van der Waals surface area contributed by atoms with Crippen molar-refractivity contribution in [1.82, 2.24) is 14.8 Å². The van der Waals surface area contributed by atoms with E-state index in [0.29, 0.717) is 17.7 Å². The lowest BCUT2D eigenvalue weighted by molar-refractivity contribution is -0.140. The lowest BCUT2D eigenvalue weighted by Gasteiger charge is -2.30. The molecule has 1 aliphatic heterocycles. The molecule has 6 nitrogen and oxygen atoms in total. The van der Waals surface area contributed by atoms with Gasteiger partial charge in [0.25, 0.3) is 5.91 Å². The second-order valence-corrected chi connectivity index (χ2v) is 10.4. The molecule has 6 heteroatoms. The zero-order chi connectivity index (χ0) is 26.0. The molecule has 1 N–H and O–H groups in total. The van der Waals surface area contributed by atoms with E-state index in [0.717, 1.165) is 47.4 Å². The Morgan fingerprint density at radius 3 is 2.50 bits per heavy atom. The van der Waals surface area contributed by atoms with Crippen molar-refractivity contribution in [3.05, 3.63) is 77.1 Å². The lowest BCUT2D eigenvalue weighted by atomic mass is 9.81. The quantitative estimate of drug-likeness (QED) is 0.432. The van der Waals surface area contributed by atoms with Crippen molar-refractivity contribution in [2.45, 2.75) is 59.6 Å². The summed E-state index contributed by atoms with van der Waals surface area (Å²) in [7, 11) is 0. The zero-order valence-electron chi connectivity index (χ0n) is 22.2. The number of benzene rings is 2. The number of fused-ring (bicyclic) bond motifs is 3. The average Bonchev–Trinajstić information content (AvgIpc) is 3.19. The fourth-order valence-electron chi connectivity index (χ4n) is 5.05. The number of nitrogens with one attached hydrogen (secondary N) is 1. The van der Waals surface area contributed by atoms with Crippen molar-refractivity contribution in [2.75, 3.05) is 19.6 Å². The van der Waals surface area contributed by atoms with E-state index in [4.69, 9.17) is 4.74 Å². The highest BCUT2D eigenvalue weighted by Crippen LogP contribution is 2.40. The summed E-state index contributed by atoms with van der Waals surface area (Å²) in [6.07, 6.45) is 1.40. The third-order valence-corrected chi connectivity index (χ3v) is 6.80. The Labute approximate surface area is 213 Å². The van der Waals surface area contributed by atoms with Crippen LogP contribution in [0.3, 0.4) is 0 Å². The standard InChI is InChI=1S/C30H37N3O3/c1-7-32(8-2)17-21-12-11-13-22(16-21)28(34)33-18-24(29(35)36-20(3)4)27-26(30(5,6)19-33)23-14-9-10-15-25(23)31-27/h9-16,18,20,31H,7-8,17,19H2,1-6H3. The Bertz CT molecular complexity index is 1300. The highest BCUT2D eigenvalue weighted by molar-refractivity contribution is 6.18. The van der Waals surface area contributed by atoms with E-state index in [1.165, 1.54) is 0 Å². The summed E-state index contributed by atoms with van der Waals surface area (Å²) >= 11 is 0.